The van der Waals surface area contributed by atoms with Gasteiger partial charge in [0.05, 0.1) is 27.2 Å². The zero-order valence-electron chi connectivity index (χ0n) is 20.8. The van der Waals surface area contributed by atoms with Gasteiger partial charge in [0.2, 0.25) is 5.91 Å². The second-order valence-electron chi connectivity index (χ2n) is 9.11. The molecule has 2 aliphatic rings. The summed E-state index contributed by atoms with van der Waals surface area (Å²) in [6.45, 7) is 4.24. The maximum absolute atomic E-state index is 13.4. The summed E-state index contributed by atoms with van der Waals surface area (Å²) in [6.07, 6.45) is 2.70. The fourth-order valence-corrected chi connectivity index (χ4v) is 4.98. The Hall–Kier alpha value is -3.26. The summed E-state index contributed by atoms with van der Waals surface area (Å²) in [5, 5.41) is 2.98. The molecule has 0 spiro atoms. The molecular weight excluding hydrogens is 446 g/mol. The summed E-state index contributed by atoms with van der Waals surface area (Å²) in [4.78, 5) is 30.1. The van der Waals surface area contributed by atoms with Gasteiger partial charge in [0, 0.05) is 38.3 Å². The van der Waals surface area contributed by atoms with Crippen LogP contribution in [0.4, 0.5) is 0 Å². The Morgan fingerprint density at radius 1 is 1.00 bits per heavy atom. The van der Waals surface area contributed by atoms with Crippen molar-refractivity contribution in [1.29, 1.82) is 0 Å². The average Bonchev–Trinajstić information content (AvgIpc) is 2.91. The van der Waals surface area contributed by atoms with E-state index in [-0.39, 0.29) is 17.7 Å². The largest absolute Gasteiger partial charge is 0.497 e. The first-order valence-electron chi connectivity index (χ1n) is 12.2. The molecule has 1 fully saturated rings. The zero-order valence-corrected chi connectivity index (χ0v) is 20.8. The second kappa shape index (κ2) is 11.4. The molecule has 0 radical (unpaired) electrons. The lowest BCUT2D eigenvalue weighted by Crippen LogP contribution is -2.47. The third-order valence-corrected chi connectivity index (χ3v) is 6.93. The van der Waals surface area contributed by atoms with Crippen LogP contribution in [0.25, 0.3) is 0 Å². The van der Waals surface area contributed by atoms with E-state index in [2.05, 4.69) is 10.2 Å². The molecule has 2 aliphatic heterocycles. The van der Waals surface area contributed by atoms with Gasteiger partial charge in [-0.15, -0.1) is 0 Å². The van der Waals surface area contributed by atoms with E-state index in [1.807, 2.05) is 23.1 Å². The molecule has 188 valence electrons. The summed E-state index contributed by atoms with van der Waals surface area (Å²) < 4.78 is 16.1. The number of carbonyl (C=O) groups excluding carboxylic acids is 2. The second-order valence-corrected chi connectivity index (χ2v) is 9.11. The smallest absolute Gasteiger partial charge is 0.251 e. The number of nitrogens with zero attached hydrogens (tertiary/aromatic N) is 2. The van der Waals surface area contributed by atoms with E-state index in [4.69, 9.17) is 14.2 Å². The van der Waals surface area contributed by atoms with Gasteiger partial charge in [-0.1, -0.05) is 6.07 Å². The van der Waals surface area contributed by atoms with Gasteiger partial charge >= 0.3 is 0 Å². The minimum absolute atomic E-state index is 0.0143. The molecule has 2 aromatic rings. The lowest BCUT2D eigenvalue weighted by atomic mass is 9.93. The highest BCUT2D eigenvalue weighted by molar-refractivity contribution is 5.94. The molecule has 8 nitrogen and oxygen atoms in total. The van der Waals surface area contributed by atoms with Gasteiger partial charge in [-0.25, -0.2) is 0 Å². The summed E-state index contributed by atoms with van der Waals surface area (Å²) in [7, 11) is 4.86. The van der Waals surface area contributed by atoms with Crippen molar-refractivity contribution in [1.82, 2.24) is 15.1 Å². The van der Waals surface area contributed by atoms with Crippen molar-refractivity contribution in [3.8, 4) is 17.2 Å². The number of fused-ring (bicyclic) bond motifs is 1. The molecule has 2 heterocycles. The van der Waals surface area contributed by atoms with E-state index >= 15 is 0 Å². The Morgan fingerprint density at radius 3 is 2.51 bits per heavy atom. The molecule has 0 unspecified atom stereocenters. The number of hydrogen-bond donors (Lipinski definition) is 1. The number of nitrogens with one attached hydrogen (secondary N) is 1. The molecule has 0 bridgehead atoms. The number of benzene rings is 2. The van der Waals surface area contributed by atoms with E-state index in [9.17, 15) is 9.59 Å². The van der Waals surface area contributed by atoms with Gasteiger partial charge in [0.15, 0.2) is 11.5 Å². The van der Waals surface area contributed by atoms with E-state index in [1.165, 1.54) is 5.56 Å². The third-order valence-electron chi connectivity index (χ3n) is 6.93. The highest BCUT2D eigenvalue weighted by Crippen LogP contribution is 2.34. The Labute approximate surface area is 207 Å². The van der Waals surface area contributed by atoms with Gasteiger partial charge < -0.3 is 29.3 Å². The lowest BCUT2D eigenvalue weighted by Gasteiger charge is -2.37. The molecule has 35 heavy (non-hydrogen) atoms. The molecule has 4 rings (SSSR count). The summed E-state index contributed by atoms with van der Waals surface area (Å²) in [6, 6.07) is 11.1. The monoisotopic (exact) mass is 481 g/mol. The molecule has 0 aliphatic carbocycles. The number of ether oxygens (including phenoxy) is 3. The molecule has 8 heteroatoms. The third kappa shape index (κ3) is 5.88. The van der Waals surface area contributed by atoms with Crippen LogP contribution < -0.4 is 19.5 Å². The van der Waals surface area contributed by atoms with E-state index in [1.54, 1.807) is 39.5 Å². The minimum Gasteiger partial charge on any atom is -0.497 e. The van der Waals surface area contributed by atoms with Gasteiger partial charge in [-0.3, -0.25) is 9.59 Å². The number of piperidine rings is 1. The van der Waals surface area contributed by atoms with Crippen molar-refractivity contribution < 1.29 is 23.8 Å². The average molecular weight is 482 g/mol. The van der Waals surface area contributed by atoms with Crippen molar-refractivity contribution in [3.05, 3.63) is 53.1 Å². The van der Waals surface area contributed by atoms with Crippen LogP contribution in [0.5, 0.6) is 17.2 Å². The first-order valence-corrected chi connectivity index (χ1v) is 12.2. The van der Waals surface area contributed by atoms with E-state index in [0.29, 0.717) is 36.7 Å². The molecule has 2 aromatic carbocycles. The summed E-state index contributed by atoms with van der Waals surface area (Å²) >= 11 is 0. The molecule has 1 N–H and O–H groups in total. The molecule has 1 saturated heterocycles. The summed E-state index contributed by atoms with van der Waals surface area (Å²) in [5.41, 5.74) is 2.91. The van der Waals surface area contributed by atoms with Gasteiger partial charge in [-0.2, -0.15) is 0 Å². The predicted octanol–water partition coefficient (Wildman–Crippen LogP) is 2.74. The van der Waals surface area contributed by atoms with Crippen molar-refractivity contribution in [2.75, 3.05) is 54.1 Å². The fraction of sp³-hybridized carbons (Fsp3) is 0.481. The quantitative estimate of drug-likeness (QED) is 0.625. The van der Waals surface area contributed by atoms with Crippen molar-refractivity contribution in [2.45, 2.75) is 25.8 Å². The van der Waals surface area contributed by atoms with Gasteiger partial charge in [0.1, 0.15) is 5.75 Å². The van der Waals surface area contributed by atoms with Gasteiger partial charge in [0.25, 0.3) is 5.91 Å². The van der Waals surface area contributed by atoms with Crippen LogP contribution in [0.15, 0.2) is 36.4 Å². The molecule has 1 atom stereocenters. The zero-order chi connectivity index (χ0) is 24.8. The molecular formula is C27H35N3O5. The van der Waals surface area contributed by atoms with Gasteiger partial charge in [-0.05, 0) is 67.3 Å². The number of hydrogen-bond acceptors (Lipinski definition) is 6. The SMILES string of the molecule is COc1cccc(C(=O)NCCN2CCC[C@H](C(=O)N3CCc4cc(OC)c(OC)cc4C3)C2)c1. The summed E-state index contributed by atoms with van der Waals surface area (Å²) in [5.74, 6) is 2.17. The van der Waals surface area contributed by atoms with Crippen LogP contribution in [-0.2, 0) is 17.8 Å². The van der Waals surface area contributed by atoms with Crippen LogP contribution >= 0.6 is 0 Å². The maximum atomic E-state index is 13.4. The molecule has 2 amide bonds. The van der Waals surface area contributed by atoms with Crippen LogP contribution in [-0.4, -0.2) is 75.7 Å². The highest BCUT2D eigenvalue weighted by Gasteiger charge is 2.31. The number of rotatable bonds is 8. The lowest BCUT2D eigenvalue weighted by molar-refractivity contribution is -0.138. The standard InChI is InChI=1S/C27H35N3O5/c1-33-23-8-4-6-20(14-23)26(31)28-10-13-29-11-5-7-21(17-29)27(32)30-12-9-19-15-24(34-2)25(35-3)16-22(19)18-30/h4,6,8,14-16,21H,5,7,9-13,17-18H2,1-3H3,(H,28,31)/t21-/m0/s1. The Kier molecular flexibility index (Phi) is 8.13. The molecule has 0 saturated carbocycles. The van der Waals surface area contributed by atoms with Crippen LogP contribution in [0.3, 0.4) is 0 Å². The number of amides is 2. The normalized spacial score (nSPS) is 17.9. The van der Waals surface area contributed by atoms with Crippen LogP contribution in [0.1, 0.15) is 34.3 Å². The Balaban J connectivity index is 1.29. The van der Waals surface area contributed by atoms with Crippen LogP contribution in [0, 0.1) is 5.92 Å². The van der Waals surface area contributed by atoms with Crippen molar-refractivity contribution in [2.24, 2.45) is 5.92 Å². The highest BCUT2D eigenvalue weighted by atomic mass is 16.5. The first-order chi connectivity index (χ1) is 17.0. The number of likely N-dealkylation sites (tertiary alicyclic amines) is 1. The first kappa shape index (κ1) is 24.9. The number of methoxy groups -OCH3 is 3. The Morgan fingerprint density at radius 2 is 1.77 bits per heavy atom. The molecule has 0 aromatic heterocycles. The fourth-order valence-electron chi connectivity index (χ4n) is 4.98. The van der Waals surface area contributed by atoms with Crippen LogP contribution in [0.2, 0.25) is 0 Å². The van der Waals surface area contributed by atoms with E-state index in [0.717, 1.165) is 50.2 Å². The predicted molar refractivity (Wildman–Crippen MR) is 133 cm³/mol. The van der Waals surface area contributed by atoms with Crippen molar-refractivity contribution in [3.63, 3.8) is 0 Å². The minimum atomic E-state index is -0.118. The Bertz CT molecular complexity index is 1060. The van der Waals surface area contributed by atoms with Crippen molar-refractivity contribution >= 4 is 11.8 Å². The topological polar surface area (TPSA) is 80.3 Å². The maximum Gasteiger partial charge on any atom is 0.251 e. The number of carbonyl (C=O) groups is 2. The van der Waals surface area contributed by atoms with E-state index < -0.39 is 0 Å².